The molecule has 0 saturated heterocycles. The Kier molecular flexibility index (Phi) is 6.05. The highest BCUT2D eigenvalue weighted by molar-refractivity contribution is 5.85. The molecule has 4 heteroatoms. The van der Waals surface area contributed by atoms with E-state index in [0.29, 0.717) is 12.5 Å². The van der Waals surface area contributed by atoms with Gasteiger partial charge in [0, 0.05) is 35.6 Å². The summed E-state index contributed by atoms with van der Waals surface area (Å²) in [5.41, 5.74) is 2.39. The van der Waals surface area contributed by atoms with Crippen molar-refractivity contribution in [3.05, 3.63) is 36.0 Å². The molecule has 1 N–H and O–H groups in total. The first kappa shape index (κ1) is 18.5. The fourth-order valence-corrected chi connectivity index (χ4v) is 3.01. The predicted molar refractivity (Wildman–Crippen MR) is 99.3 cm³/mol. The summed E-state index contributed by atoms with van der Waals surface area (Å²) >= 11 is 0. The number of para-hydroxylation sites is 1. The van der Waals surface area contributed by atoms with Crippen LogP contribution in [0.15, 0.2) is 30.5 Å². The lowest BCUT2D eigenvalue weighted by Gasteiger charge is -2.21. The van der Waals surface area contributed by atoms with Crippen molar-refractivity contribution in [2.45, 2.75) is 72.2 Å². The van der Waals surface area contributed by atoms with Gasteiger partial charge < -0.3 is 14.6 Å². The second-order valence-corrected chi connectivity index (χ2v) is 7.24. The minimum Gasteiger partial charge on any atom is -0.462 e. The van der Waals surface area contributed by atoms with E-state index in [9.17, 15) is 4.79 Å². The number of ether oxygens (including phenoxy) is 1. The average Bonchev–Trinajstić information content (AvgIpc) is 2.84. The van der Waals surface area contributed by atoms with Crippen LogP contribution in [0.2, 0.25) is 0 Å². The van der Waals surface area contributed by atoms with Crippen molar-refractivity contribution in [1.29, 1.82) is 0 Å². The number of benzene rings is 1. The number of rotatable bonds is 7. The number of esters is 1. The Morgan fingerprint density at radius 3 is 2.38 bits per heavy atom. The third-order valence-electron chi connectivity index (χ3n) is 3.97. The van der Waals surface area contributed by atoms with E-state index in [1.165, 1.54) is 16.5 Å². The van der Waals surface area contributed by atoms with E-state index in [0.717, 1.165) is 0 Å². The molecule has 0 aliphatic heterocycles. The molecule has 1 aromatic carbocycles. The summed E-state index contributed by atoms with van der Waals surface area (Å²) in [4.78, 5) is 12.5. The topological polar surface area (TPSA) is 43.3 Å². The van der Waals surface area contributed by atoms with Crippen molar-refractivity contribution in [2.75, 3.05) is 0 Å². The van der Waals surface area contributed by atoms with Gasteiger partial charge >= 0.3 is 5.97 Å². The van der Waals surface area contributed by atoms with Gasteiger partial charge in [-0.1, -0.05) is 32.0 Å². The third kappa shape index (κ3) is 4.38. The van der Waals surface area contributed by atoms with Gasteiger partial charge in [-0.2, -0.15) is 0 Å². The van der Waals surface area contributed by atoms with E-state index in [1.54, 1.807) is 0 Å². The summed E-state index contributed by atoms with van der Waals surface area (Å²) < 4.78 is 7.71. The lowest BCUT2D eigenvalue weighted by molar-refractivity contribution is -0.150. The Morgan fingerprint density at radius 1 is 1.12 bits per heavy atom. The zero-order valence-electron chi connectivity index (χ0n) is 15.7. The number of nitrogens with one attached hydrogen (secondary N) is 1. The average molecular weight is 330 g/mol. The van der Waals surface area contributed by atoms with Crippen LogP contribution in [-0.2, 0) is 16.0 Å². The zero-order valence-corrected chi connectivity index (χ0v) is 15.7. The second kappa shape index (κ2) is 7.84. The van der Waals surface area contributed by atoms with Crippen LogP contribution < -0.4 is 5.32 Å². The number of hydrogen-bond acceptors (Lipinski definition) is 3. The standard InChI is InChI=1S/C20H30N2O2/c1-13(2)21-18(20(23)24-15(5)6)11-16-12-22(14(3)4)19-10-8-7-9-17(16)19/h7-10,12-15,18,21H,11H2,1-6H3. The van der Waals surface area contributed by atoms with Gasteiger partial charge in [-0.15, -0.1) is 0 Å². The Morgan fingerprint density at radius 2 is 1.79 bits per heavy atom. The van der Waals surface area contributed by atoms with Crippen molar-refractivity contribution in [3.63, 3.8) is 0 Å². The number of aromatic nitrogens is 1. The summed E-state index contributed by atoms with van der Waals surface area (Å²) in [6, 6.07) is 8.63. The molecule has 0 bridgehead atoms. The summed E-state index contributed by atoms with van der Waals surface area (Å²) in [7, 11) is 0. The van der Waals surface area contributed by atoms with Gasteiger partial charge in [0.25, 0.3) is 0 Å². The van der Waals surface area contributed by atoms with Crippen molar-refractivity contribution < 1.29 is 9.53 Å². The lowest BCUT2D eigenvalue weighted by atomic mass is 10.0. The van der Waals surface area contributed by atoms with Crippen LogP contribution in [-0.4, -0.2) is 28.7 Å². The van der Waals surface area contributed by atoms with Crippen molar-refractivity contribution in [3.8, 4) is 0 Å². The summed E-state index contributed by atoms with van der Waals surface area (Å²) in [5, 5.41) is 4.56. The van der Waals surface area contributed by atoms with Crippen molar-refractivity contribution in [2.24, 2.45) is 0 Å². The Labute approximate surface area is 145 Å². The van der Waals surface area contributed by atoms with E-state index in [2.05, 4.69) is 48.1 Å². The molecule has 1 heterocycles. The zero-order chi connectivity index (χ0) is 17.9. The molecule has 1 aromatic heterocycles. The number of carbonyl (C=O) groups excluding carboxylic acids is 1. The SMILES string of the molecule is CC(C)NC(Cc1cn(C(C)C)c2ccccc12)C(=O)OC(C)C. The minimum atomic E-state index is -0.334. The van der Waals surface area contributed by atoms with Gasteiger partial charge in [0.2, 0.25) is 0 Å². The van der Waals surface area contributed by atoms with Crippen LogP contribution in [0.1, 0.15) is 53.1 Å². The highest BCUT2D eigenvalue weighted by atomic mass is 16.5. The molecular weight excluding hydrogens is 300 g/mol. The largest absolute Gasteiger partial charge is 0.462 e. The number of nitrogens with zero attached hydrogens (tertiary/aromatic N) is 1. The maximum Gasteiger partial charge on any atom is 0.323 e. The molecule has 4 nitrogen and oxygen atoms in total. The van der Waals surface area contributed by atoms with E-state index in [-0.39, 0.29) is 24.2 Å². The maximum absolute atomic E-state index is 12.5. The van der Waals surface area contributed by atoms with E-state index in [1.807, 2.05) is 33.8 Å². The van der Waals surface area contributed by atoms with Crippen LogP contribution in [0.4, 0.5) is 0 Å². The van der Waals surface area contributed by atoms with Crippen LogP contribution in [0.25, 0.3) is 10.9 Å². The number of hydrogen-bond donors (Lipinski definition) is 1. The molecular formula is C20H30N2O2. The first-order valence-electron chi connectivity index (χ1n) is 8.84. The Balaban J connectivity index is 2.35. The number of carbonyl (C=O) groups is 1. The first-order chi connectivity index (χ1) is 11.3. The Bertz CT molecular complexity index is 686. The van der Waals surface area contributed by atoms with Crippen LogP contribution >= 0.6 is 0 Å². The molecule has 0 fully saturated rings. The molecule has 0 saturated carbocycles. The highest BCUT2D eigenvalue weighted by Crippen LogP contribution is 2.26. The van der Waals surface area contributed by atoms with Gasteiger partial charge in [-0.3, -0.25) is 4.79 Å². The Hall–Kier alpha value is -1.81. The van der Waals surface area contributed by atoms with Crippen LogP contribution in [0.3, 0.4) is 0 Å². The second-order valence-electron chi connectivity index (χ2n) is 7.24. The molecule has 0 aliphatic rings. The molecule has 0 aliphatic carbocycles. The lowest BCUT2D eigenvalue weighted by Crippen LogP contribution is -2.44. The summed E-state index contributed by atoms with van der Waals surface area (Å²) in [6.45, 7) is 12.2. The smallest absolute Gasteiger partial charge is 0.323 e. The van der Waals surface area contributed by atoms with Gasteiger partial charge in [0.15, 0.2) is 0 Å². The molecule has 2 rings (SSSR count). The van der Waals surface area contributed by atoms with E-state index >= 15 is 0 Å². The van der Waals surface area contributed by atoms with Crippen molar-refractivity contribution >= 4 is 16.9 Å². The van der Waals surface area contributed by atoms with E-state index < -0.39 is 0 Å². The fraction of sp³-hybridized carbons (Fsp3) is 0.550. The van der Waals surface area contributed by atoms with Gasteiger partial charge in [0.05, 0.1) is 6.10 Å². The summed E-state index contributed by atoms with van der Waals surface area (Å²) in [5.74, 6) is -0.180. The molecule has 0 amide bonds. The van der Waals surface area contributed by atoms with Gasteiger partial charge in [0.1, 0.15) is 6.04 Å². The molecule has 0 radical (unpaired) electrons. The first-order valence-corrected chi connectivity index (χ1v) is 8.84. The van der Waals surface area contributed by atoms with Crippen LogP contribution in [0.5, 0.6) is 0 Å². The maximum atomic E-state index is 12.5. The normalized spacial score (nSPS) is 13.2. The summed E-state index contributed by atoms with van der Waals surface area (Å²) in [6.07, 6.45) is 2.70. The predicted octanol–water partition coefficient (Wildman–Crippen LogP) is 4.08. The monoisotopic (exact) mass is 330 g/mol. The molecule has 1 atom stereocenters. The fourth-order valence-electron chi connectivity index (χ4n) is 3.01. The molecule has 1 unspecified atom stereocenters. The minimum absolute atomic E-state index is 0.106. The van der Waals surface area contributed by atoms with Gasteiger partial charge in [-0.25, -0.2) is 0 Å². The molecule has 2 aromatic rings. The third-order valence-corrected chi connectivity index (χ3v) is 3.97. The van der Waals surface area contributed by atoms with Gasteiger partial charge in [-0.05, 0) is 39.3 Å². The van der Waals surface area contributed by atoms with Crippen LogP contribution in [0, 0.1) is 0 Å². The molecule has 132 valence electrons. The number of fused-ring (bicyclic) bond motifs is 1. The van der Waals surface area contributed by atoms with E-state index in [4.69, 9.17) is 4.74 Å². The highest BCUT2D eigenvalue weighted by Gasteiger charge is 2.24. The van der Waals surface area contributed by atoms with Crippen molar-refractivity contribution in [1.82, 2.24) is 9.88 Å². The quantitative estimate of drug-likeness (QED) is 0.778. The molecule has 24 heavy (non-hydrogen) atoms. The molecule has 0 spiro atoms.